The Bertz CT molecular complexity index is 1120. The van der Waals surface area contributed by atoms with Gasteiger partial charge in [-0.25, -0.2) is 0 Å². The van der Waals surface area contributed by atoms with Crippen molar-refractivity contribution < 1.29 is 24.2 Å². The monoisotopic (exact) mass is 551 g/mol. The molecule has 8 heteroatoms. The summed E-state index contributed by atoms with van der Waals surface area (Å²) in [6.07, 6.45) is 6.17. The normalized spacial score (nSPS) is 30.1. The van der Waals surface area contributed by atoms with Gasteiger partial charge in [0.1, 0.15) is 11.6 Å². The van der Waals surface area contributed by atoms with Crippen molar-refractivity contribution in [2.45, 2.75) is 89.3 Å². The van der Waals surface area contributed by atoms with Crippen molar-refractivity contribution in [2.75, 3.05) is 19.7 Å². The third-order valence-corrected chi connectivity index (χ3v) is 9.18. The number of aliphatic hydroxyl groups excluding tert-OH is 1. The summed E-state index contributed by atoms with van der Waals surface area (Å²) in [6, 6.07) is 8.14. The molecule has 1 N–H and O–H groups in total. The summed E-state index contributed by atoms with van der Waals surface area (Å²) >= 11 is 0. The summed E-state index contributed by atoms with van der Waals surface area (Å²) in [6.45, 7) is 16.2. The maximum atomic E-state index is 14.4. The van der Waals surface area contributed by atoms with Gasteiger partial charge in [0.05, 0.1) is 30.1 Å². The van der Waals surface area contributed by atoms with Gasteiger partial charge < -0.3 is 24.5 Å². The Morgan fingerprint density at radius 3 is 2.42 bits per heavy atom. The van der Waals surface area contributed by atoms with Gasteiger partial charge in [0.25, 0.3) is 0 Å². The van der Waals surface area contributed by atoms with Crippen LogP contribution in [0.25, 0.3) is 0 Å². The molecule has 1 aromatic carbocycles. The zero-order chi connectivity index (χ0) is 29.2. The lowest BCUT2D eigenvalue weighted by Gasteiger charge is -2.40. The molecule has 40 heavy (non-hydrogen) atoms. The van der Waals surface area contributed by atoms with Gasteiger partial charge in [-0.05, 0) is 45.6 Å². The molecule has 8 nitrogen and oxygen atoms in total. The number of amides is 3. The molecule has 3 aliphatic heterocycles. The standard InChI is InChI=1S/C32H45N3O5/c1-7-13-22(4)34(19-9-3)30(39)27-32-17-16-31(6,40-32)25(26(32)29(38)35(27)23(5)21-36)28(37)33(18-8-2)20-24-14-11-10-12-15-24/h8-12,14-15,22-23,25-27,36H,2-3,7,13,16-21H2,1,4-6H3/t22?,23-,25-,26+,27?,31+,32?/m1/s1. The highest BCUT2D eigenvalue weighted by molar-refractivity contribution is 5.99. The molecule has 4 rings (SSSR count). The van der Waals surface area contributed by atoms with Crippen LogP contribution in [0.3, 0.4) is 0 Å². The van der Waals surface area contributed by atoms with Crippen LogP contribution in [-0.4, -0.2) is 86.6 Å². The Hall–Kier alpha value is -2.97. The summed E-state index contributed by atoms with van der Waals surface area (Å²) < 4.78 is 6.79. The minimum Gasteiger partial charge on any atom is -0.394 e. The first-order valence-corrected chi connectivity index (χ1v) is 14.6. The summed E-state index contributed by atoms with van der Waals surface area (Å²) in [5, 5.41) is 10.2. The topological polar surface area (TPSA) is 90.4 Å². The first-order chi connectivity index (χ1) is 19.1. The lowest BCUT2D eigenvalue weighted by atomic mass is 9.66. The fourth-order valence-corrected chi connectivity index (χ4v) is 7.33. The highest BCUT2D eigenvalue weighted by Gasteiger charge is 2.78. The van der Waals surface area contributed by atoms with Crippen LogP contribution < -0.4 is 0 Å². The largest absolute Gasteiger partial charge is 0.394 e. The minimum absolute atomic E-state index is 0.0621. The van der Waals surface area contributed by atoms with Crippen molar-refractivity contribution in [2.24, 2.45) is 11.8 Å². The van der Waals surface area contributed by atoms with E-state index in [1.165, 1.54) is 4.90 Å². The van der Waals surface area contributed by atoms with Crippen LogP contribution in [0.15, 0.2) is 55.6 Å². The number of rotatable bonds is 13. The smallest absolute Gasteiger partial charge is 0.248 e. The fourth-order valence-electron chi connectivity index (χ4n) is 7.33. The maximum absolute atomic E-state index is 14.4. The zero-order valence-electron chi connectivity index (χ0n) is 24.4. The van der Waals surface area contributed by atoms with Crippen LogP contribution in [0.5, 0.6) is 0 Å². The predicted molar refractivity (Wildman–Crippen MR) is 154 cm³/mol. The highest BCUT2D eigenvalue weighted by Crippen LogP contribution is 2.64. The molecule has 3 fully saturated rings. The number of benzene rings is 1. The third-order valence-electron chi connectivity index (χ3n) is 9.18. The summed E-state index contributed by atoms with van der Waals surface area (Å²) in [5.41, 5.74) is -1.03. The quantitative estimate of drug-likeness (QED) is 0.379. The van der Waals surface area contributed by atoms with Crippen LogP contribution >= 0.6 is 0 Å². The Balaban J connectivity index is 1.76. The Kier molecular flexibility index (Phi) is 8.90. The molecule has 1 spiro atoms. The van der Waals surface area contributed by atoms with E-state index >= 15 is 0 Å². The molecule has 218 valence electrons. The maximum Gasteiger partial charge on any atom is 0.248 e. The summed E-state index contributed by atoms with van der Waals surface area (Å²) in [5.74, 6) is -2.22. The predicted octanol–water partition coefficient (Wildman–Crippen LogP) is 3.55. The molecule has 3 heterocycles. The number of hydrogen-bond donors (Lipinski definition) is 1. The molecule has 0 saturated carbocycles. The van der Waals surface area contributed by atoms with E-state index in [2.05, 4.69) is 20.1 Å². The van der Waals surface area contributed by atoms with Crippen LogP contribution in [0.2, 0.25) is 0 Å². The van der Waals surface area contributed by atoms with E-state index in [1.54, 1.807) is 28.9 Å². The first-order valence-electron chi connectivity index (χ1n) is 14.6. The molecule has 0 aliphatic carbocycles. The van der Waals surface area contributed by atoms with Crippen molar-refractivity contribution in [1.29, 1.82) is 0 Å². The Morgan fingerprint density at radius 2 is 1.82 bits per heavy atom. The van der Waals surface area contributed by atoms with Gasteiger partial charge in [0, 0.05) is 25.7 Å². The number of aliphatic hydroxyl groups is 1. The molecular weight excluding hydrogens is 506 g/mol. The lowest BCUT2D eigenvalue weighted by molar-refractivity contribution is -0.157. The van der Waals surface area contributed by atoms with E-state index in [0.717, 1.165) is 18.4 Å². The van der Waals surface area contributed by atoms with Crippen molar-refractivity contribution >= 4 is 17.7 Å². The number of carbonyl (C=O) groups is 3. The highest BCUT2D eigenvalue weighted by atomic mass is 16.5. The molecule has 3 aliphatic rings. The van der Waals surface area contributed by atoms with Gasteiger partial charge in [-0.3, -0.25) is 14.4 Å². The van der Waals surface area contributed by atoms with Gasteiger partial charge in [-0.1, -0.05) is 55.8 Å². The van der Waals surface area contributed by atoms with Crippen LogP contribution in [0, 0.1) is 11.8 Å². The number of fused-ring (bicyclic) bond motifs is 1. The molecule has 2 bridgehead atoms. The van der Waals surface area contributed by atoms with Gasteiger partial charge in [0.15, 0.2) is 0 Å². The second-order valence-corrected chi connectivity index (χ2v) is 11.9. The van der Waals surface area contributed by atoms with Crippen molar-refractivity contribution in [3.63, 3.8) is 0 Å². The molecule has 7 atom stereocenters. The van der Waals surface area contributed by atoms with Crippen LogP contribution in [0.4, 0.5) is 0 Å². The Labute approximate surface area is 238 Å². The summed E-state index contributed by atoms with van der Waals surface area (Å²) in [4.78, 5) is 48.1. The van der Waals surface area contributed by atoms with E-state index in [-0.39, 0.29) is 30.4 Å². The SMILES string of the molecule is C=CCN(Cc1ccccc1)C(=O)[C@H]1[C@H]2C(=O)N([C@H](C)CO)C(C(=O)N(CC=C)C(C)CCC)C23CC[C@]1(C)O3. The molecule has 3 saturated heterocycles. The van der Waals surface area contributed by atoms with E-state index in [0.29, 0.717) is 32.5 Å². The average Bonchev–Trinajstić information content (AvgIpc) is 3.51. The zero-order valence-corrected chi connectivity index (χ0v) is 24.4. The van der Waals surface area contributed by atoms with Gasteiger partial charge in [-0.15, -0.1) is 13.2 Å². The molecule has 1 aromatic rings. The number of likely N-dealkylation sites (tertiary alicyclic amines) is 1. The lowest BCUT2D eigenvalue weighted by Crippen LogP contribution is -2.59. The second-order valence-electron chi connectivity index (χ2n) is 11.9. The molecule has 0 aromatic heterocycles. The van der Waals surface area contributed by atoms with Crippen LogP contribution in [-0.2, 0) is 25.7 Å². The van der Waals surface area contributed by atoms with Gasteiger partial charge in [0.2, 0.25) is 17.7 Å². The van der Waals surface area contributed by atoms with Crippen molar-refractivity contribution in [3.05, 3.63) is 61.2 Å². The number of hydrogen-bond acceptors (Lipinski definition) is 5. The number of carbonyl (C=O) groups excluding carboxylic acids is 3. The second kappa shape index (κ2) is 11.9. The van der Waals surface area contributed by atoms with Gasteiger partial charge in [-0.2, -0.15) is 0 Å². The van der Waals surface area contributed by atoms with Gasteiger partial charge >= 0.3 is 0 Å². The summed E-state index contributed by atoms with van der Waals surface area (Å²) in [7, 11) is 0. The number of ether oxygens (including phenoxy) is 1. The van der Waals surface area contributed by atoms with E-state index in [1.807, 2.05) is 44.2 Å². The average molecular weight is 552 g/mol. The van der Waals surface area contributed by atoms with E-state index in [9.17, 15) is 19.5 Å². The third kappa shape index (κ3) is 4.90. The minimum atomic E-state index is -1.13. The number of nitrogens with zero attached hydrogens (tertiary/aromatic N) is 3. The fraction of sp³-hybridized carbons (Fsp3) is 0.594. The molecule has 0 radical (unpaired) electrons. The molecule has 3 amide bonds. The molecule has 3 unspecified atom stereocenters. The first kappa shape index (κ1) is 30.0. The Morgan fingerprint density at radius 1 is 1.15 bits per heavy atom. The van der Waals surface area contributed by atoms with Crippen molar-refractivity contribution in [3.8, 4) is 0 Å². The van der Waals surface area contributed by atoms with E-state index < -0.39 is 35.1 Å². The molecular formula is C32H45N3O5. The van der Waals surface area contributed by atoms with Crippen LogP contribution in [0.1, 0.15) is 58.9 Å². The van der Waals surface area contributed by atoms with E-state index in [4.69, 9.17) is 4.74 Å². The van der Waals surface area contributed by atoms with Crippen molar-refractivity contribution in [1.82, 2.24) is 14.7 Å².